The number of carboxylic acid groups (broad SMARTS) is 1. The molecule has 0 aromatic heterocycles. The van der Waals surface area contributed by atoms with E-state index >= 15 is 0 Å². The minimum atomic E-state index is -1.34. The number of carbonyl (C=O) groups excluding carboxylic acids is 2. The second-order valence-electron chi connectivity index (χ2n) is 8.09. The number of fused-ring (bicyclic) bond motifs is 5. The number of phenolic OH excluding ortho intramolecular Hbond substituents is 2. The van der Waals surface area contributed by atoms with Gasteiger partial charge in [-0.3, -0.25) is 9.59 Å². The number of phenols is 2. The summed E-state index contributed by atoms with van der Waals surface area (Å²) in [6.07, 6.45) is 0.438. The third-order valence-corrected chi connectivity index (χ3v) is 5.64. The number of hydrogen-bond acceptors (Lipinski definition) is 7. The van der Waals surface area contributed by atoms with Crippen molar-refractivity contribution in [1.29, 1.82) is 0 Å². The van der Waals surface area contributed by atoms with Gasteiger partial charge in [-0.05, 0) is 65.9 Å². The Bertz CT molecular complexity index is 1060. The Balaban J connectivity index is 2.08. The zero-order valence-corrected chi connectivity index (χ0v) is 18.0. The van der Waals surface area contributed by atoms with Crippen LogP contribution in [0.15, 0.2) is 36.4 Å². The summed E-state index contributed by atoms with van der Waals surface area (Å²) in [5, 5.41) is 35.3. The van der Waals surface area contributed by atoms with E-state index in [4.69, 9.17) is 11.5 Å². The molecule has 176 valence electrons. The molecule has 2 aromatic rings. The van der Waals surface area contributed by atoms with Crippen LogP contribution in [0.1, 0.15) is 24.0 Å². The molecule has 0 saturated carbocycles. The van der Waals surface area contributed by atoms with Gasteiger partial charge < -0.3 is 37.4 Å². The molecule has 0 aliphatic carbocycles. The van der Waals surface area contributed by atoms with Crippen molar-refractivity contribution in [2.45, 2.75) is 43.8 Å². The van der Waals surface area contributed by atoms with Crippen molar-refractivity contribution in [1.82, 2.24) is 10.6 Å². The zero-order valence-electron chi connectivity index (χ0n) is 18.0. The third-order valence-electron chi connectivity index (χ3n) is 5.64. The Hall–Kier alpha value is -3.63. The molecule has 3 atom stereocenters. The first-order valence-electron chi connectivity index (χ1n) is 10.6. The van der Waals surface area contributed by atoms with E-state index in [-0.39, 0.29) is 37.3 Å². The number of amides is 2. The predicted molar refractivity (Wildman–Crippen MR) is 120 cm³/mol. The van der Waals surface area contributed by atoms with Gasteiger partial charge in [0.1, 0.15) is 23.6 Å². The Morgan fingerprint density at radius 2 is 1.52 bits per heavy atom. The van der Waals surface area contributed by atoms with Gasteiger partial charge >= 0.3 is 5.97 Å². The van der Waals surface area contributed by atoms with Gasteiger partial charge in [-0.15, -0.1) is 0 Å². The maximum Gasteiger partial charge on any atom is 0.326 e. The molecule has 10 heteroatoms. The molecule has 10 nitrogen and oxygen atoms in total. The number of aliphatic carboxylic acids is 1. The number of carbonyl (C=O) groups is 3. The molecule has 3 rings (SSSR count). The monoisotopic (exact) mass is 456 g/mol. The fourth-order valence-corrected chi connectivity index (χ4v) is 3.75. The zero-order chi connectivity index (χ0) is 24.1. The molecule has 33 heavy (non-hydrogen) atoms. The molecule has 1 aliphatic heterocycles. The van der Waals surface area contributed by atoms with E-state index in [2.05, 4.69) is 10.6 Å². The summed E-state index contributed by atoms with van der Waals surface area (Å²) in [5.41, 5.74) is 13.7. The van der Waals surface area contributed by atoms with Crippen molar-refractivity contribution < 1.29 is 29.7 Å². The van der Waals surface area contributed by atoms with Gasteiger partial charge in [0.15, 0.2) is 0 Å². The Morgan fingerprint density at radius 1 is 0.939 bits per heavy atom. The topological polar surface area (TPSA) is 188 Å². The van der Waals surface area contributed by atoms with Crippen LogP contribution >= 0.6 is 0 Å². The predicted octanol–water partition coefficient (Wildman–Crippen LogP) is -0.0162. The van der Waals surface area contributed by atoms with E-state index in [1.54, 1.807) is 24.3 Å². The number of hydrogen-bond donors (Lipinski definition) is 7. The van der Waals surface area contributed by atoms with E-state index in [0.29, 0.717) is 28.7 Å². The second-order valence-corrected chi connectivity index (χ2v) is 8.09. The summed E-state index contributed by atoms with van der Waals surface area (Å²) in [5.74, 6) is -2.74. The molecule has 1 unspecified atom stereocenters. The number of nitrogens with one attached hydrogen (secondary N) is 2. The highest BCUT2D eigenvalue weighted by atomic mass is 16.4. The normalized spacial score (nSPS) is 21.3. The average Bonchev–Trinajstić information content (AvgIpc) is 2.78. The average molecular weight is 456 g/mol. The lowest BCUT2D eigenvalue weighted by Gasteiger charge is -2.23. The van der Waals surface area contributed by atoms with Gasteiger partial charge in [-0.1, -0.05) is 12.1 Å². The molecule has 0 spiro atoms. The largest absolute Gasteiger partial charge is 0.508 e. The van der Waals surface area contributed by atoms with E-state index in [9.17, 15) is 29.7 Å². The highest BCUT2D eigenvalue weighted by molar-refractivity contribution is 5.92. The van der Waals surface area contributed by atoms with Crippen LogP contribution in [0.2, 0.25) is 0 Å². The van der Waals surface area contributed by atoms with Gasteiger partial charge in [-0.25, -0.2) is 4.79 Å². The van der Waals surface area contributed by atoms with Crippen LogP contribution < -0.4 is 22.1 Å². The van der Waals surface area contributed by atoms with Crippen LogP contribution in [-0.4, -0.2) is 57.8 Å². The molecule has 1 heterocycles. The van der Waals surface area contributed by atoms with Gasteiger partial charge in [-0.2, -0.15) is 0 Å². The van der Waals surface area contributed by atoms with E-state index in [1.807, 2.05) is 0 Å². The van der Waals surface area contributed by atoms with Crippen molar-refractivity contribution in [3.8, 4) is 22.6 Å². The van der Waals surface area contributed by atoms with Gasteiger partial charge in [0.05, 0.1) is 6.04 Å². The van der Waals surface area contributed by atoms with E-state index < -0.39 is 35.9 Å². The summed E-state index contributed by atoms with van der Waals surface area (Å²) >= 11 is 0. The van der Waals surface area contributed by atoms with Crippen LogP contribution in [0.3, 0.4) is 0 Å². The third kappa shape index (κ3) is 5.79. The van der Waals surface area contributed by atoms with Gasteiger partial charge in [0, 0.05) is 12.8 Å². The summed E-state index contributed by atoms with van der Waals surface area (Å²) in [7, 11) is 0. The summed E-state index contributed by atoms with van der Waals surface area (Å²) in [6, 6.07) is 6.10. The van der Waals surface area contributed by atoms with Crippen molar-refractivity contribution in [3.63, 3.8) is 0 Å². The van der Waals surface area contributed by atoms with Crippen molar-refractivity contribution in [3.05, 3.63) is 47.5 Å². The SMILES string of the molecule is NCCCC1NC(=O)[C@@H](N)Cc2cc(ccc2O)-c2ccc(O)c(c2)C[C@@H](C(=O)O)NC1=O. The standard InChI is InChI=1S/C23H28N4O6/c24-7-1-2-17-22(31)27-18(23(32)33)11-15-9-13(4-6-20(15)29)12-3-5-19(28)14(8-12)10-16(25)21(30)26-17/h3-6,8-9,16-18,28-29H,1-2,7,10-11,24-25H2,(H,26,30)(H,27,31)(H,32,33)/t16-,17?,18-/m0/s1. The van der Waals surface area contributed by atoms with Crippen LogP contribution in [0, 0.1) is 0 Å². The lowest BCUT2D eigenvalue weighted by atomic mass is 9.95. The summed E-state index contributed by atoms with van der Waals surface area (Å²) < 4.78 is 0. The van der Waals surface area contributed by atoms with Crippen molar-refractivity contribution in [2.75, 3.05) is 6.54 Å². The molecule has 2 amide bonds. The van der Waals surface area contributed by atoms with E-state index in [0.717, 1.165) is 0 Å². The number of rotatable bonds is 4. The minimum Gasteiger partial charge on any atom is -0.508 e. The smallest absolute Gasteiger partial charge is 0.326 e. The highest BCUT2D eigenvalue weighted by Crippen LogP contribution is 2.30. The first kappa shape index (κ1) is 24.0. The van der Waals surface area contributed by atoms with Crippen LogP contribution in [0.25, 0.3) is 11.1 Å². The highest BCUT2D eigenvalue weighted by Gasteiger charge is 2.29. The Labute approximate surface area is 190 Å². The fourth-order valence-electron chi connectivity index (χ4n) is 3.75. The molecule has 0 saturated heterocycles. The second kappa shape index (κ2) is 10.3. The quantitative estimate of drug-likeness (QED) is 0.334. The van der Waals surface area contributed by atoms with Crippen molar-refractivity contribution >= 4 is 17.8 Å². The molecule has 0 radical (unpaired) electrons. The Morgan fingerprint density at radius 3 is 2.06 bits per heavy atom. The lowest BCUT2D eigenvalue weighted by Crippen LogP contribution is -2.55. The molecule has 0 fully saturated rings. The first-order valence-corrected chi connectivity index (χ1v) is 10.6. The first-order chi connectivity index (χ1) is 15.7. The van der Waals surface area contributed by atoms with E-state index in [1.165, 1.54) is 12.1 Å². The number of nitrogens with two attached hydrogens (primary N) is 2. The van der Waals surface area contributed by atoms with Crippen molar-refractivity contribution in [2.24, 2.45) is 11.5 Å². The molecule has 1 aliphatic rings. The number of benzene rings is 2. The minimum absolute atomic E-state index is 0.0133. The number of aromatic hydroxyl groups is 2. The van der Waals surface area contributed by atoms with Crippen LogP contribution in [0.4, 0.5) is 0 Å². The maximum absolute atomic E-state index is 12.9. The molecule has 4 bridgehead atoms. The molecule has 2 aromatic carbocycles. The summed E-state index contributed by atoms with van der Waals surface area (Å²) in [6.45, 7) is 0.273. The number of carboxylic acids is 1. The van der Waals surface area contributed by atoms with Gasteiger partial charge in [0.25, 0.3) is 0 Å². The fraction of sp³-hybridized carbons (Fsp3) is 0.348. The van der Waals surface area contributed by atoms with Crippen LogP contribution in [0.5, 0.6) is 11.5 Å². The summed E-state index contributed by atoms with van der Waals surface area (Å²) in [4.78, 5) is 37.4. The lowest BCUT2D eigenvalue weighted by molar-refractivity contribution is -0.142. The molecule has 9 N–H and O–H groups in total. The molecular formula is C23H28N4O6. The van der Waals surface area contributed by atoms with Gasteiger partial charge in [0.2, 0.25) is 11.8 Å². The Kier molecular flexibility index (Phi) is 7.52. The van der Waals surface area contributed by atoms with Crippen LogP contribution in [-0.2, 0) is 27.2 Å². The maximum atomic E-state index is 12.9. The molecular weight excluding hydrogens is 428 g/mol.